The number of hydrogen-bond donors (Lipinski definition) is 4. The minimum absolute atomic E-state index is 0.627. The molecule has 0 saturated carbocycles. The van der Waals surface area contributed by atoms with Gasteiger partial charge in [-0.2, -0.15) is 0 Å². The summed E-state index contributed by atoms with van der Waals surface area (Å²) in [6.45, 7) is 5.78. The summed E-state index contributed by atoms with van der Waals surface area (Å²) in [5, 5.41) is 17.7. The van der Waals surface area contributed by atoms with Gasteiger partial charge >= 0.3 is 0 Å². The predicted molar refractivity (Wildman–Crippen MR) is 158 cm³/mol. The first-order chi connectivity index (χ1) is 19.1. The molecule has 4 N–H and O–H groups in total. The largest absolute Gasteiger partial charge is 0.494 e. The second-order valence-electron chi connectivity index (χ2n) is 9.80. The van der Waals surface area contributed by atoms with E-state index in [9.17, 15) is 0 Å². The van der Waals surface area contributed by atoms with E-state index in [-0.39, 0.29) is 0 Å². The van der Waals surface area contributed by atoms with E-state index in [1.165, 1.54) is 6.21 Å². The lowest BCUT2D eigenvalue weighted by Crippen LogP contribution is -2.49. The van der Waals surface area contributed by atoms with E-state index in [1.54, 1.807) is 13.4 Å². The summed E-state index contributed by atoms with van der Waals surface area (Å²) in [7, 11) is 5.50. The Hall–Kier alpha value is -3.89. The van der Waals surface area contributed by atoms with Crippen LogP contribution in [0.1, 0.15) is 18.4 Å². The fourth-order valence-corrected chi connectivity index (χ4v) is 5.50. The van der Waals surface area contributed by atoms with Gasteiger partial charge in [0.25, 0.3) is 0 Å². The Morgan fingerprint density at radius 2 is 1.72 bits per heavy atom. The topological polar surface area (TPSA) is 111 Å². The van der Waals surface area contributed by atoms with Gasteiger partial charge in [0.05, 0.1) is 43.1 Å². The van der Waals surface area contributed by atoms with Crippen molar-refractivity contribution in [2.24, 2.45) is 0 Å². The van der Waals surface area contributed by atoms with Crippen molar-refractivity contribution >= 4 is 34.8 Å². The number of benzene rings is 2. The van der Waals surface area contributed by atoms with Crippen molar-refractivity contribution in [2.75, 3.05) is 81.4 Å². The summed E-state index contributed by atoms with van der Waals surface area (Å²) >= 11 is 0. The van der Waals surface area contributed by atoms with Crippen LogP contribution in [0.3, 0.4) is 0 Å². The molecule has 0 atom stereocenters. The third-order valence-corrected chi connectivity index (χ3v) is 7.66. The Bertz CT molecular complexity index is 1290. The van der Waals surface area contributed by atoms with Gasteiger partial charge in [-0.3, -0.25) is 4.90 Å². The van der Waals surface area contributed by atoms with E-state index in [0.29, 0.717) is 11.9 Å². The highest BCUT2D eigenvalue weighted by atomic mass is 16.5. The third kappa shape index (κ3) is 5.91. The lowest BCUT2D eigenvalue weighted by atomic mass is 10.0. The molecule has 206 valence electrons. The SMILES string of the molecule is CNc1ccc(-c2cc(Nc3cc(NC)c(N4CCC(N5CCOCC5)CC4)cc3OC)ncn2)cc1C=N. The van der Waals surface area contributed by atoms with Gasteiger partial charge in [-0.1, -0.05) is 6.07 Å². The zero-order valence-electron chi connectivity index (χ0n) is 23.0. The van der Waals surface area contributed by atoms with E-state index in [1.807, 2.05) is 38.4 Å². The normalized spacial score (nSPS) is 16.5. The second-order valence-corrected chi connectivity index (χ2v) is 9.80. The molecular weight excluding hydrogens is 492 g/mol. The molecule has 0 bridgehead atoms. The van der Waals surface area contributed by atoms with Crippen LogP contribution in [0.15, 0.2) is 42.7 Å². The van der Waals surface area contributed by atoms with Crippen LogP contribution in [0, 0.1) is 5.41 Å². The summed E-state index contributed by atoms with van der Waals surface area (Å²) in [6.07, 6.45) is 5.17. The summed E-state index contributed by atoms with van der Waals surface area (Å²) < 4.78 is 11.4. The molecule has 0 amide bonds. The van der Waals surface area contributed by atoms with Crippen LogP contribution in [0.25, 0.3) is 11.3 Å². The fourth-order valence-electron chi connectivity index (χ4n) is 5.50. The van der Waals surface area contributed by atoms with E-state index in [0.717, 1.165) is 97.6 Å². The predicted octanol–water partition coefficient (Wildman–Crippen LogP) is 4.28. The zero-order valence-corrected chi connectivity index (χ0v) is 23.0. The second kappa shape index (κ2) is 12.3. The number of piperidine rings is 1. The molecule has 39 heavy (non-hydrogen) atoms. The molecule has 10 nitrogen and oxygen atoms in total. The van der Waals surface area contributed by atoms with Gasteiger partial charge in [0.15, 0.2) is 0 Å². The van der Waals surface area contributed by atoms with Crippen molar-refractivity contribution in [1.82, 2.24) is 14.9 Å². The average molecular weight is 531 g/mol. The Balaban J connectivity index is 1.35. The molecule has 2 aliphatic rings. The fraction of sp³-hybridized carbons (Fsp3) is 0.414. The molecule has 2 aromatic carbocycles. The summed E-state index contributed by atoms with van der Waals surface area (Å²) in [5.41, 5.74) is 6.39. The van der Waals surface area contributed by atoms with Gasteiger partial charge in [-0.05, 0) is 31.0 Å². The van der Waals surface area contributed by atoms with Crippen molar-refractivity contribution in [2.45, 2.75) is 18.9 Å². The Morgan fingerprint density at radius 1 is 0.949 bits per heavy atom. The quantitative estimate of drug-likeness (QED) is 0.301. The summed E-state index contributed by atoms with van der Waals surface area (Å²) in [6, 6.07) is 12.6. The van der Waals surface area contributed by atoms with E-state index in [2.05, 4.69) is 47.9 Å². The van der Waals surface area contributed by atoms with Crippen LogP contribution in [-0.2, 0) is 4.74 Å². The van der Waals surface area contributed by atoms with Crippen molar-refractivity contribution in [1.29, 1.82) is 5.41 Å². The minimum atomic E-state index is 0.627. The number of nitrogens with zero attached hydrogens (tertiary/aromatic N) is 4. The molecule has 0 radical (unpaired) electrons. The number of rotatable bonds is 9. The number of hydrogen-bond acceptors (Lipinski definition) is 10. The van der Waals surface area contributed by atoms with Crippen LogP contribution < -0.4 is 25.6 Å². The molecule has 2 saturated heterocycles. The van der Waals surface area contributed by atoms with Crippen LogP contribution in [0.4, 0.5) is 28.6 Å². The number of ether oxygens (including phenoxy) is 2. The van der Waals surface area contributed by atoms with Crippen molar-refractivity contribution in [3.05, 3.63) is 48.3 Å². The molecule has 0 unspecified atom stereocenters. The van der Waals surface area contributed by atoms with Crippen molar-refractivity contribution in [3.8, 4) is 17.0 Å². The highest BCUT2D eigenvalue weighted by Crippen LogP contribution is 2.39. The van der Waals surface area contributed by atoms with Gasteiger partial charge in [0.2, 0.25) is 0 Å². The van der Waals surface area contributed by atoms with Gasteiger partial charge in [0, 0.05) is 81.5 Å². The smallest absolute Gasteiger partial charge is 0.144 e. The maximum atomic E-state index is 7.73. The van der Waals surface area contributed by atoms with E-state index in [4.69, 9.17) is 14.9 Å². The van der Waals surface area contributed by atoms with Crippen LogP contribution in [-0.4, -0.2) is 87.7 Å². The maximum Gasteiger partial charge on any atom is 0.144 e. The molecule has 2 aliphatic heterocycles. The minimum Gasteiger partial charge on any atom is -0.494 e. The molecule has 0 aliphatic carbocycles. The van der Waals surface area contributed by atoms with Crippen molar-refractivity contribution in [3.63, 3.8) is 0 Å². The number of aromatic nitrogens is 2. The summed E-state index contributed by atoms with van der Waals surface area (Å²) in [4.78, 5) is 14.0. The number of nitrogens with one attached hydrogen (secondary N) is 4. The van der Waals surface area contributed by atoms with Crippen LogP contribution in [0.2, 0.25) is 0 Å². The molecule has 10 heteroatoms. The lowest BCUT2D eigenvalue weighted by molar-refractivity contribution is 0.0115. The number of methoxy groups -OCH3 is 1. The molecule has 1 aromatic heterocycles. The van der Waals surface area contributed by atoms with Crippen molar-refractivity contribution < 1.29 is 9.47 Å². The number of anilines is 5. The highest BCUT2D eigenvalue weighted by molar-refractivity contribution is 5.88. The molecule has 3 aromatic rings. The average Bonchev–Trinajstić information content (AvgIpc) is 3.01. The molecule has 2 fully saturated rings. The maximum absolute atomic E-state index is 7.73. The van der Waals surface area contributed by atoms with Gasteiger partial charge in [-0.25, -0.2) is 9.97 Å². The molecule has 3 heterocycles. The van der Waals surface area contributed by atoms with Crippen LogP contribution in [0.5, 0.6) is 5.75 Å². The first kappa shape index (κ1) is 26.7. The van der Waals surface area contributed by atoms with Gasteiger partial charge in [0.1, 0.15) is 17.9 Å². The Labute approximate surface area is 230 Å². The third-order valence-electron chi connectivity index (χ3n) is 7.66. The first-order valence-corrected chi connectivity index (χ1v) is 13.5. The van der Waals surface area contributed by atoms with Crippen LogP contribution >= 0.6 is 0 Å². The monoisotopic (exact) mass is 530 g/mol. The summed E-state index contributed by atoms with van der Waals surface area (Å²) in [5.74, 6) is 1.41. The standard InChI is InChI=1S/C29H38N8O2/c1-31-23-5-4-20(14-21(23)18-30)24-16-29(34-19-33-24)35-26-15-25(32-2)27(17-28(26)38-3)37-8-6-22(7-9-37)36-10-12-39-13-11-36/h4-5,14-19,22,30-32H,6-13H2,1-3H3,(H,33,34,35). The lowest BCUT2D eigenvalue weighted by Gasteiger charge is -2.41. The molecule has 0 spiro atoms. The Morgan fingerprint density at radius 3 is 2.41 bits per heavy atom. The highest BCUT2D eigenvalue weighted by Gasteiger charge is 2.27. The van der Waals surface area contributed by atoms with E-state index < -0.39 is 0 Å². The number of morpholine rings is 1. The van der Waals surface area contributed by atoms with Gasteiger partial charge < -0.3 is 35.7 Å². The van der Waals surface area contributed by atoms with E-state index >= 15 is 0 Å². The zero-order chi connectivity index (χ0) is 27.2. The van der Waals surface area contributed by atoms with Gasteiger partial charge in [-0.15, -0.1) is 0 Å². The first-order valence-electron chi connectivity index (χ1n) is 13.5. The molecule has 5 rings (SSSR count). The Kier molecular flexibility index (Phi) is 8.43. The molecular formula is C29H38N8O2.